The Kier molecular flexibility index (Phi) is 6.75. The number of carbonyl (C=O) groups is 1. The van der Waals surface area contributed by atoms with Gasteiger partial charge in [0.25, 0.3) is 0 Å². The minimum atomic E-state index is -0.804. The summed E-state index contributed by atoms with van der Waals surface area (Å²) in [6.07, 6.45) is 0. The highest BCUT2D eigenvalue weighted by Gasteiger charge is 2.05. The van der Waals surface area contributed by atoms with Gasteiger partial charge in [0.05, 0.1) is 5.69 Å². The standard InChI is InChI=1S/C10H18N8OS2/c1-18(8(13)17-9(14)19)2-3-20-4-6-5-21-10(15-6)16-7(11)12/h5H,2-4H2,1H3,(H4,11,12,15,16)(H4,13,14,17,19). The van der Waals surface area contributed by atoms with Crippen LogP contribution in [0, 0.1) is 0 Å². The zero-order valence-electron chi connectivity index (χ0n) is 11.5. The van der Waals surface area contributed by atoms with Gasteiger partial charge in [-0.05, 0) is 0 Å². The van der Waals surface area contributed by atoms with Crippen molar-refractivity contribution in [1.82, 2.24) is 9.88 Å². The molecule has 9 nitrogen and oxygen atoms in total. The third-order valence-electron chi connectivity index (χ3n) is 2.20. The largest absolute Gasteiger partial charge is 0.370 e. The molecule has 0 aliphatic heterocycles. The number of guanidine groups is 2. The van der Waals surface area contributed by atoms with Crippen LogP contribution in [0.1, 0.15) is 5.69 Å². The predicted octanol–water partition coefficient (Wildman–Crippen LogP) is -0.394. The second kappa shape index (κ2) is 8.32. The summed E-state index contributed by atoms with van der Waals surface area (Å²) in [5.41, 5.74) is 22.0. The predicted molar refractivity (Wildman–Crippen MR) is 87.6 cm³/mol. The zero-order valence-corrected chi connectivity index (χ0v) is 13.2. The number of carbonyl (C=O) groups excluding carboxylic acids is 1. The Labute approximate surface area is 130 Å². The highest BCUT2D eigenvalue weighted by atomic mass is 32.2. The fraction of sp³-hybridized carbons (Fsp3) is 0.400. The van der Waals surface area contributed by atoms with E-state index >= 15 is 0 Å². The van der Waals surface area contributed by atoms with Crippen molar-refractivity contribution < 1.29 is 4.79 Å². The van der Waals surface area contributed by atoms with E-state index in [2.05, 4.69) is 15.0 Å². The van der Waals surface area contributed by atoms with Crippen molar-refractivity contribution >= 4 is 46.2 Å². The molecule has 0 spiro atoms. The first-order valence-corrected chi connectivity index (χ1v) is 7.88. The van der Waals surface area contributed by atoms with Gasteiger partial charge in [-0.15, -0.1) is 11.3 Å². The molecule has 21 heavy (non-hydrogen) atoms. The molecule has 1 aromatic heterocycles. The number of thiazole rings is 1. The first kappa shape index (κ1) is 17.0. The van der Waals surface area contributed by atoms with E-state index in [1.165, 1.54) is 11.3 Å². The molecule has 0 bridgehead atoms. The molecule has 1 heterocycles. The molecule has 0 saturated carbocycles. The van der Waals surface area contributed by atoms with Crippen molar-refractivity contribution in [2.45, 2.75) is 5.75 Å². The van der Waals surface area contributed by atoms with Crippen LogP contribution in [0.4, 0.5) is 9.93 Å². The summed E-state index contributed by atoms with van der Waals surface area (Å²) >= 11 is 3.05. The first-order valence-electron chi connectivity index (χ1n) is 5.85. The maximum absolute atomic E-state index is 10.6. The normalized spacial score (nSPS) is 11.2. The Morgan fingerprint density at radius 1 is 1.43 bits per heavy atom. The lowest BCUT2D eigenvalue weighted by atomic mass is 10.6. The van der Waals surface area contributed by atoms with Gasteiger partial charge in [-0.3, -0.25) is 0 Å². The van der Waals surface area contributed by atoms with Gasteiger partial charge < -0.3 is 27.8 Å². The number of nitrogens with two attached hydrogens (primary N) is 4. The minimum absolute atomic E-state index is 0.00519. The van der Waals surface area contributed by atoms with Crippen LogP contribution >= 0.6 is 23.1 Å². The number of nitrogens with zero attached hydrogens (tertiary/aromatic N) is 4. The average Bonchev–Trinajstić information content (AvgIpc) is 2.80. The van der Waals surface area contributed by atoms with E-state index in [-0.39, 0.29) is 11.9 Å². The summed E-state index contributed by atoms with van der Waals surface area (Å²) in [7, 11) is 1.74. The molecule has 0 saturated heterocycles. The third-order valence-corrected chi connectivity index (χ3v) is 3.96. The van der Waals surface area contributed by atoms with Gasteiger partial charge in [0.15, 0.2) is 5.96 Å². The van der Waals surface area contributed by atoms with Gasteiger partial charge >= 0.3 is 6.03 Å². The van der Waals surface area contributed by atoms with Crippen LogP contribution in [0.15, 0.2) is 15.4 Å². The van der Waals surface area contributed by atoms with E-state index in [1.54, 1.807) is 23.7 Å². The van der Waals surface area contributed by atoms with Crippen molar-refractivity contribution in [1.29, 1.82) is 0 Å². The van der Waals surface area contributed by atoms with Crippen LogP contribution in [-0.2, 0) is 5.75 Å². The van der Waals surface area contributed by atoms with Gasteiger partial charge in [-0.2, -0.15) is 21.7 Å². The zero-order chi connectivity index (χ0) is 15.8. The lowest BCUT2D eigenvalue weighted by Gasteiger charge is -2.16. The second-order valence-electron chi connectivity index (χ2n) is 3.94. The molecule has 8 N–H and O–H groups in total. The third kappa shape index (κ3) is 6.81. The number of urea groups is 1. The van der Waals surface area contributed by atoms with E-state index < -0.39 is 6.03 Å². The van der Waals surface area contributed by atoms with E-state index in [9.17, 15) is 4.79 Å². The van der Waals surface area contributed by atoms with Gasteiger partial charge in [0.2, 0.25) is 11.1 Å². The topological polar surface area (TPSA) is 162 Å². The molecule has 0 atom stereocenters. The van der Waals surface area contributed by atoms with Gasteiger partial charge in [-0.25, -0.2) is 9.78 Å². The molecule has 11 heteroatoms. The van der Waals surface area contributed by atoms with Crippen molar-refractivity contribution in [3.05, 3.63) is 11.1 Å². The van der Waals surface area contributed by atoms with Crippen molar-refractivity contribution in [3.8, 4) is 0 Å². The van der Waals surface area contributed by atoms with Crippen LogP contribution in [0.25, 0.3) is 0 Å². The number of hydrogen-bond donors (Lipinski definition) is 4. The molecule has 1 aromatic rings. The summed E-state index contributed by atoms with van der Waals surface area (Å²) in [4.78, 5) is 23.8. The lowest BCUT2D eigenvalue weighted by molar-refractivity contribution is 0.256. The van der Waals surface area contributed by atoms with Crippen LogP contribution in [0.5, 0.6) is 0 Å². The van der Waals surface area contributed by atoms with Crippen LogP contribution < -0.4 is 22.9 Å². The summed E-state index contributed by atoms with van der Waals surface area (Å²) in [6, 6.07) is -0.804. The van der Waals surface area contributed by atoms with Crippen molar-refractivity contribution in [2.75, 3.05) is 19.3 Å². The Morgan fingerprint density at radius 2 is 2.14 bits per heavy atom. The summed E-state index contributed by atoms with van der Waals surface area (Å²) in [5, 5.41) is 2.45. The maximum Gasteiger partial charge on any atom is 0.341 e. The average molecular weight is 330 g/mol. The Balaban J connectivity index is 2.33. The molecule has 0 aliphatic rings. The number of rotatable bonds is 6. The van der Waals surface area contributed by atoms with E-state index in [1.807, 2.05) is 5.38 Å². The molecule has 0 fully saturated rings. The number of thioether (sulfide) groups is 1. The Morgan fingerprint density at radius 3 is 2.76 bits per heavy atom. The smallest absolute Gasteiger partial charge is 0.341 e. The summed E-state index contributed by atoms with van der Waals surface area (Å²) in [5.74, 6) is 1.62. The fourth-order valence-electron chi connectivity index (χ4n) is 1.22. The van der Waals surface area contributed by atoms with E-state index in [0.717, 1.165) is 17.2 Å². The molecule has 0 aromatic carbocycles. The number of aromatic nitrogens is 1. The quantitative estimate of drug-likeness (QED) is 0.313. The molecule has 2 amide bonds. The molecule has 0 aliphatic carbocycles. The molecule has 0 radical (unpaired) electrons. The molecule has 0 unspecified atom stereocenters. The first-order chi connectivity index (χ1) is 9.88. The lowest BCUT2D eigenvalue weighted by Crippen LogP contribution is -2.36. The van der Waals surface area contributed by atoms with Gasteiger partial charge in [0, 0.05) is 30.5 Å². The monoisotopic (exact) mass is 330 g/mol. The van der Waals surface area contributed by atoms with Gasteiger partial charge in [-0.1, -0.05) is 0 Å². The van der Waals surface area contributed by atoms with Crippen molar-refractivity contribution in [2.24, 2.45) is 32.9 Å². The molecular weight excluding hydrogens is 312 g/mol. The minimum Gasteiger partial charge on any atom is -0.370 e. The van der Waals surface area contributed by atoms with Crippen LogP contribution in [0.3, 0.4) is 0 Å². The SMILES string of the molecule is CN(CCSCc1csc(N=C(N)N)n1)C(N)=NC(N)=O. The summed E-state index contributed by atoms with van der Waals surface area (Å²) < 4.78 is 0. The van der Waals surface area contributed by atoms with Gasteiger partial charge in [0.1, 0.15) is 0 Å². The van der Waals surface area contributed by atoms with E-state index in [4.69, 9.17) is 22.9 Å². The Bertz CT molecular complexity index is 537. The highest BCUT2D eigenvalue weighted by molar-refractivity contribution is 7.98. The molecule has 116 valence electrons. The molecular formula is C10H18N8OS2. The van der Waals surface area contributed by atoms with Crippen LogP contribution in [-0.4, -0.2) is 47.2 Å². The summed E-state index contributed by atoms with van der Waals surface area (Å²) in [6.45, 7) is 0.637. The maximum atomic E-state index is 10.6. The highest BCUT2D eigenvalue weighted by Crippen LogP contribution is 2.21. The van der Waals surface area contributed by atoms with E-state index in [0.29, 0.717) is 11.7 Å². The second-order valence-corrected chi connectivity index (χ2v) is 5.88. The van der Waals surface area contributed by atoms with Crippen LogP contribution in [0.2, 0.25) is 0 Å². The fourth-order valence-corrected chi connectivity index (χ4v) is 2.93. The number of primary amides is 1. The number of hydrogen-bond acceptors (Lipinski definition) is 5. The number of aliphatic imine (C=N–C) groups is 2. The number of amides is 2. The molecule has 1 rings (SSSR count). The Hall–Kier alpha value is -2.01. The van der Waals surface area contributed by atoms with Crippen molar-refractivity contribution in [3.63, 3.8) is 0 Å².